The van der Waals surface area contributed by atoms with Gasteiger partial charge >= 0.3 is 0 Å². The van der Waals surface area contributed by atoms with Gasteiger partial charge in [0.2, 0.25) is 0 Å². The highest BCUT2D eigenvalue weighted by atomic mass is 14.9. The zero-order chi connectivity index (χ0) is 16.8. The molecule has 5 aromatic rings. The molecule has 3 aromatic carbocycles. The minimum Gasteiger partial charge on any atom is -0.399 e. The van der Waals surface area contributed by atoms with Crippen LogP contribution in [-0.2, 0) is 0 Å². The zero-order valence-electron chi connectivity index (χ0n) is 13.3. The molecule has 25 heavy (non-hydrogen) atoms. The highest BCUT2D eigenvalue weighted by Gasteiger charge is 2.08. The molecule has 0 aliphatic rings. The smallest absolute Gasteiger partial charge is 0.138 e. The van der Waals surface area contributed by atoms with Crippen LogP contribution in [0, 0.1) is 0 Å². The average molecular weight is 325 g/mol. The fourth-order valence-electron chi connectivity index (χ4n) is 3.04. The maximum Gasteiger partial charge on any atom is 0.138 e. The number of fused-ring (bicyclic) bond motifs is 2. The van der Waals surface area contributed by atoms with Gasteiger partial charge in [0.25, 0.3) is 0 Å². The Morgan fingerprint density at radius 1 is 0.640 bits per heavy atom. The van der Waals surface area contributed by atoms with Gasteiger partial charge in [-0.25, -0.2) is 9.97 Å². The van der Waals surface area contributed by atoms with Crippen LogP contribution in [0.1, 0.15) is 0 Å². The van der Waals surface area contributed by atoms with Crippen LogP contribution >= 0.6 is 0 Å². The van der Waals surface area contributed by atoms with Gasteiger partial charge in [-0.3, -0.25) is 0 Å². The number of para-hydroxylation sites is 2. The van der Waals surface area contributed by atoms with Gasteiger partial charge in [-0.1, -0.05) is 36.4 Å². The molecule has 0 unspecified atom stereocenters. The van der Waals surface area contributed by atoms with Gasteiger partial charge in [0.15, 0.2) is 0 Å². The van der Waals surface area contributed by atoms with E-state index in [2.05, 4.69) is 32.1 Å². The number of nitrogens with two attached hydrogens (primary N) is 1. The molecular weight excluding hydrogens is 310 g/mol. The van der Waals surface area contributed by atoms with Crippen molar-refractivity contribution in [2.45, 2.75) is 0 Å². The van der Waals surface area contributed by atoms with Crippen LogP contribution in [0.25, 0.3) is 44.8 Å². The molecule has 5 nitrogen and oxygen atoms in total. The predicted octanol–water partition coefficient (Wildman–Crippen LogP) is 4.36. The molecule has 0 atom stereocenters. The van der Waals surface area contributed by atoms with Crippen LogP contribution in [-0.4, -0.2) is 19.9 Å². The molecule has 0 amide bonds. The highest BCUT2D eigenvalue weighted by molar-refractivity contribution is 5.83. The van der Waals surface area contributed by atoms with Crippen LogP contribution in [0.2, 0.25) is 0 Å². The van der Waals surface area contributed by atoms with Crippen molar-refractivity contribution >= 4 is 27.8 Å². The molecule has 0 radical (unpaired) electrons. The van der Waals surface area contributed by atoms with E-state index >= 15 is 0 Å². The first-order chi connectivity index (χ1) is 12.3. The van der Waals surface area contributed by atoms with E-state index in [1.54, 1.807) is 0 Å². The fourth-order valence-corrected chi connectivity index (χ4v) is 3.04. The van der Waals surface area contributed by atoms with Gasteiger partial charge in [-0.05, 0) is 30.3 Å². The van der Waals surface area contributed by atoms with E-state index in [1.165, 1.54) is 0 Å². The van der Waals surface area contributed by atoms with Gasteiger partial charge in [-0.2, -0.15) is 0 Å². The molecule has 0 aliphatic heterocycles. The van der Waals surface area contributed by atoms with Crippen LogP contribution in [0.15, 0.2) is 66.7 Å². The Hall–Kier alpha value is -3.60. The number of H-pyrrole nitrogens is 2. The quantitative estimate of drug-likeness (QED) is 0.422. The molecule has 0 saturated heterocycles. The Kier molecular flexibility index (Phi) is 2.87. The summed E-state index contributed by atoms with van der Waals surface area (Å²) >= 11 is 0. The van der Waals surface area contributed by atoms with Crippen molar-refractivity contribution in [1.29, 1.82) is 0 Å². The van der Waals surface area contributed by atoms with Crippen molar-refractivity contribution < 1.29 is 0 Å². The third-order valence-electron chi connectivity index (χ3n) is 4.33. The Bertz CT molecular complexity index is 1160. The summed E-state index contributed by atoms with van der Waals surface area (Å²) in [6.45, 7) is 0. The van der Waals surface area contributed by atoms with E-state index in [-0.39, 0.29) is 0 Å². The fraction of sp³-hybridized carbons (Fsp3) is 0. The minimum atomic E-state index is 0.725. The summed E-state index contributed by atoms with van der Waals surface area (Å²) in [5.74, 6) is 1.70. The molecule has 120 valence electrons. The molecule has 0 spiro atoms. The largest absolute Gasteiger partial charge is 0.399 e. The number of nitrogen functional groups attached to an aromatic ring is 1. The van der Waals surface area contributed by atoms with Crippen molar-refractivity contribution in [3.05, 3.63) is 66.7 Å². The van der Waals surface area contributed by atoms with Crippen LogP contribution in [0.4, 0.5) is 5.69 Å². The molecule has 0 fully saturated rings. The lowest BCUT2D eigenvalue weighted by molar-refractivity contribution is 1.32. The van der Waals surface area contributed by atoms with Gasteiger partial charge in [-0.15, -0.1) is 0 Å². The van der Waals surface area contributed by atoms with Crippen molar-refractivity contribution in [1.82, 2.24) is 19.9 Å². The number of rotatable bonds is 2. The molecule has 2 aromatic heterocycles. The summed E-state index contributed by atoms with van der Waals surface area (Å²) in [7, 11) is 0. The van der Waals surface area contributed by atoms with E-state index in [0.29, 0.717) is 0 Å². The van der Waals surface area contributed by atoms with Crippen molar-refractivity contribution in [2.24, 2.45) is 0 Å². The SMILES string of the molecule is Nc1ccc2nc(-c3ccc(-c4nc5ccccc5[nH]4)cc3)[nH]c2c1. The molecule has 2 heterocycles. The monoisotopic (exact) mass is 325 g/mol. The van der Waals surface area contributed by atoms with Crippen LogP contribution in [0.3, 0.4) is 0 Å². The lowest BCUT2D eigenvalue weighted by Gasteiger charge is -1.99. The van der Waals surface area contributed by atoms with E-state index in [4.69, 9.17) is 5.73 Å². The summed E-state index contributed by atoms with van der Waals surface area (Å²) in [6.07, 6.45) is 0. The molecule has 0 bridgehead atoms. The normalized spacial score (nSPS) is 11.4. The summed E-state index contributed by atoms with van der Waals surface area (Å²) in [6, 6.07) is 21.9. The zero-order valence-corrected chi connectivity index (χ0v) is 13.3. The summed E-state index contributed by atoms with van der Waals surface area (Å²) < 4.78 is 0. The number of hydrogen-bond acceptors (Lipinski definition) is 3. The predicted molar refractivity (Wildman–Crippen MR) is 101 cm³/mol. The van der Waals surface area contributed by atoms with Gasteiger partial charge in [0.1, 0.15) is 11.6 Å². The van der Waals surface area contributed by atoms with Crippen molar-refractivity contribution in [3.63, 3.8) is 0 Å². The second kappa shape index (κ2) is 5.21. The third kappa shape index (κ3) is 2.33. The average Bonchev–Trinajstić information content (AvgIpc) is 3.25. The standard InChI is InChI=1S/C20H15N5/c21-14-9-10-17-18(11-14)25-20(24-17)13-7-5-12(6-8-13)19-22-15-3-1-2-4-16(15)23-19/h1-11H,21H2,(H,22,23)(H,24,25). The van der Waals surface area contributed by atoms with E-state index < -0.39 is 0 Å². The van der Waals surface area contributed by atoms with Gasteiger partial charge in [0.05, 0.1) is 22.1 Å². The number of benzene rings is 3. The Balaban J connectivity index is 1.53. The number of anilines is 1. The minimum absolute atomic E-state index is 0.725. The van der Waals surface area contributed by atoms with E-state index in [1.807, 2.05) is 54.6 Å². The number of imidazole rings is 2. The van der Waals surface area contributed by atoms with E-state index in [9.17, 15) is 0 Å². The summed E-state index contributed by atoms with van der Waals surface area (Å²) in [5.41, 5.74) is 12.5. The maximum absolute atomic E-state index is 5.83. The lowest BCUT2D eigenvalue weighted by Crippen LogP contribution is -1.83. The first-order valence-corrected chi connectivity index (χ1v) is 8.07. The molecule has 0 aliphatic carbocycles. The number of aromatic amines is 2. The van der Waals surface area contributed by atoms with Gasteiger partial charge < -0.3 is 15.7 Å². The second-order valence-corrected chi connectivity index (χ2v) is 6.04. The maximum atomic E-state index is 5.83. The topological polar surface area (TPSA) is 83.4 Å². The molecular formula is C20H15N5. The van der Waals surface area contributed by atoms with Crippen molar-refractivity contribution in [3.8, 4) is 22.8 Å². The van der Waals surface area contributed by atoms with E-state index in [0.717, 1.165) is 50.5 Å². The number of aromatic nitrogens is 4. The Morgan fingerprint density at radius 3 is 1.92 bits per heavy atom. The molecule has 0 saturated carbocycles. The Labute approximate surface area is 143 Å². The lowest BCUT2D eigenvalue weighted by atomic mass is 10.1. The molecule has 4 N–H and O–H groups in total. The summed E-state index contributed by atoms with van der Waals surface area (Å²) in [5, 5.41) is 0. The Morgan fingerprint density at radius 2 is 1.24 bits per heavy atom. The summed E-state index contributed by atoms with van der Waals surface area (Å²) in [4.78, 5) is 15.9. The third-order valence-corrected chi connectivity index (χ3v) is 4.33. The molecule has 5 rings (SSSR count). The van der Waals surface area contributed by atoms with Crippen molar-refractivity contribution in [2.75, 3.05) is 5.73 Å². The highest BCUT2D eigenvalue weighted by Crippen LogP contribution is 2.25. The second-order valence-electron chi connectivity index (χ2n) is 6.04. The molecule has 5 heteroatoms. The van der Waals surface area contributed by atoms with Crippen LogP contribution < -0.4 is 5.73 Å². The first-order valence-electron chi connectivity index (χ1n) is 8.07. The van der Waals surface area contributed by atoms with Crippen LogP contribution in [0.5, 0.6) is 0 Å². The number of nitrogens with one attached hydrogen (secondary N) is 2. The number of hydrogen-bond donors (Lipinski definition) is 3. The van der Waals surface area contributed by atoms with Gasteiger partial charge in [0, 0.05) is 16.8 Å². The number of nitrogens with zero attached hydrogens (tertiary/aromatic N) is 2. The first kappa shape index (κ1) is 13.8.